The third-order valence-electron chi connectivity index (χ3n) is 5.59. The number of aliphatic hydroxyl groups excluding tert-OH is 1. The van der Waals surface area contributed by atoms with Crippen molar-refractivity contribution in [3.63, 3.8) is 0 Å². The Labute approximate surface area is 190 Å². The van der Waals surface area contributed by atoms with Gasteiger partial charge in [-0.25, -0.2) is 0 Å². The smallest absolute Gasteiger partial charge is 0.120 e. The summed E-state index contributed by atoms with van der Waals surface area (Å²) >= 11 is 5.69. The SMILES string of the molecule is Cc1ccc(-c2ssc(=S)c2-c2ccc(O)c(CN3CCN(CCO)CC3)c2)cc1. The number of nitrogens with zero attached hydrogens (tertiary/aromatic N) is 2. The average Bonchev–Trinajstić information content (AvgIpc) is 3.13. The number of β-amino-alcohol motifs (C(OH)–C–C–N with tert-alkyl or cyclic N) is 1. The zero-order valence-electron chi connectivity index (χ0n) is 17.0. The molecule has 1 saturated heterocycles. The van der Waals surface area contributed by atoms with Crippen LogP contribution in [0.4, 0.5) is 0 Å². The summed E-state index contributed by atoms with van der Waals surface area (Å²) < 4.78 is 0.893. The van der Waals surface area contributed by atoms with E-state index in [-0.39, 0.29) is 6.61 Å². The van der Waals surface area contributed by atoms with Crippen LogP contribution in [-0.2, 0) is 6.54 Å². The number of piperazine rings is 1. The zero-order valence-corrected chi connectivity index (χ0v) is 19.5. The highest BCUT2D eigenvalue weighted by Gasteiger charge is 2.19. The standard InChI is InChI=1S/C23H26N2O2S3/c1-16-2-4-17(5-3-16)22-21(23(28)30-29-22)18-6-7-20(27)19(14-18)15-25-10-8-24(9-11-25)12-13-26/h2-7,14,26-27H,8-13,15H2,1H3. The molecule has 3 aromatic rings. The molecule has 0 aliphatic carbocycles. The Morgan fingerprint density at radius 3 is 2.30 bits per heavy atom. The van der Waals surface area contributed by atoms with Crippen LogP contribution in [0.15, 0.2) is 42.5 Å². The van der Waals surface area contributed by atoms with Crippen molar-refractivity contribution in [3.8, 4) is 27.3 Å². The maximum absolute atomic E-state index is 10.5. The number of phenolic OH excluding ortho intramolecular Hbond substituents is 1. The third-order valence-corrected chi connectivity index (χ3v) is 8.65. The molecule has 0 saturated carbocycles. The average molecular weight is 459 g/mol. The van der Waals surface area contributed by atoms with Crippen LogP contribution in [0, 0.1) is 10.7 Å². The third kappa shape index (κ3) is 4.82. The predicted molar refractivity (Wildman–Crippen MR) is 129 cm³/mol. The molecule has 0 atom stereocenters. The van der Waals surface area contributed by atoms with E-state index in [2.05, 4.69) is 47.1 Å². The fraction of sp³-hybridized carbons (Fsp3) is 0.348. The van der Waals surface area contributed by atoms with E-state index in [0.717, 1.165) is 53.2 Å². The number of aliphatic hydroxyl groups is 1. The number of benzene rings is 2. The number of aromatic hydroxyl groups is 1. The van der Waals surface area contributed by atoms with E-state index >= 15 is 0 Å². The molecule has 0 unspecified atom stereocenters. The molecule has 158 valence electrons. The number of rotatable bonds is 6. The summed E-state index contributed by atoms with van der Waals surface area (Å²) in [4.78, 5) is 5.83. The van der Waals surface area contributed by atoms with Crippen molar-refractivity contribution >= 4 is 32.9 Å². The van der Waals surface area contributed by atoms with Crippen LogP contribution in [0.2, 0.25) is 0 Å². The lowest BCUT2D eigenvalue weighted by molar-refractivity contribution is 0.108. The lowest BCUT2D eigenvalue weighted by Gasteiger charge is -2.34. The molecule has 0 amide bonds. The summed E-state index contributed by atoms with van der Waals surface area (Å²) in [5.41, 5.74) is 5.52. The van der Waals surface area contributed by atoms with E-state index in [1.54, 1.807) is 26.7 Å². The van der Waals surface area contributed by atoms with Crippen LogP contribution in [0.3, 0.4) is 0 Å². The number of aryl methyl sites for hydroxylation is 1. The Kier molecular flexibility index (Phi) is 6.98. The van der Waals surface area contributed by atoms with Crippen LogP contribution in [0.1, 0.15) is 11.1 Å². The van der Waals surface area contributed by atoms with E-state index in [1.165, 1.54) is 16.0 Å². The Balaban J connectivity index is 1.59. The van der Waals surface area contributed by atoms with Gasteiger partial charge in [-0.3, -0.25) is 9.80 Å². The summed E-state index contributed by atoms with van der Waals surface area (Å²) in [5, 5.41) is 19.6. The molecule has 1 fully saturated rings. The molecule has 1 aliphatic rings. The van der Waals surface area contributed by atoms with Gasteiger partial charge in [0.2, 0.25) is 0 Å². The molecule has 4 nitrogen and oxygen atoms in total. The van der Waals surface area contributed by atoms with Gasteiger partial charge in [0.05, 0.1) is 11.5 Å². The Hall–Kier alpha value is -1.61. The topological polar surface area (TPSA) is 46.9 Å². The molecule has 2 aromatic carbocycles. The molecule has 0 bridgehead atoms. The second kappa shape index (κ2) is 9.68. The predicted octanol–water partition coefficient (Wildman–Crippen LogP) is 5.00. The van der Waals surface area contributed by atoms with Gasteiger partial charge in [0, 0.05) is 50.4 Å². The lowest BCUT2D eigenvalue weighted by atomic mass is 10.0. The minimum Gasteiger partial charge on any atom is -0.508 e. The molecule has 0 spiro atoms. The summed E-state index contributed by atoms with van der Waals surface area (Å²) in [6, 6.07) is 14.4. The molecular weight excluding hydrogens is 432 g/mol. The van der Waals surface area contributed by atoms with Crippen molar-refractivity contribution < 1.29 is 10.2 Å². The fourth-order valence-electron chi connectivity index (χ4n) is 3.82. The van der Waals surface area contributed by atoms with Crippen molar-refractivity contribution in [1.82, 2.24) is 9.80 Å². The normalized spacial score (nSPS) is 15.5. The maximum atomic E-state index is 10.5. The number of hydrogen-bond donors (Lipinski definition) is 2. The van der Waals surface area contributed by atoms with Gasteiger partial charge in [-0.15, -0.1) is 0 Å². The second-order valence-corrected chi connectivity index (χ2v) is 10.5. The van der Waals surface area contributed by atoms with E-state index < -0.39 is 0 Å². The van der Waals surface area contributed by atoms with Crippen LogP contribution in [-0.4, -0.2) is 59.3 Å². The van der Waals surface area contributed by atoms with E-state index in [4.69, 9.17) is 17.3 Å². The summed E-state index contributed by atoms with van der Waals surface area (Å²) in [6.45, 7) is 7.51. The van der Waals surface area contributed by atoms with Gasteiger partial charge in [-0.1, -0.05) is 68.8 Å². The van der Waals surface area contributed by atoms with E-state index in [1.807, 2.05) is 6.07 Å². The Bertz CT molecular complexity index is 1050. The first-order valence-corrected chi connectivity index (χ1v) is 12.7. The highest BCUT2D eigenvalue weighted by Crippen LogP contribution is 2.42. The van der Waals surface area contributed by atoms with Gasteiger partial charge in [0.15, 0.2) is 0 Å². The molecule has 1 aromatic heterocycles. The van der Waals surface area contributed by atoms with Crippen LogP contribution < -0.4 is 0 Å². The van der Waals surface area contributed by atoms with Crippen molar-refractivity contribution in [1.29, 1.82) is 0 Å². The van der Waals surface area contributed by atoms with Crippen LogP contribution in [0.25, 0.3) is 21.6 Å². The first kappa shape index (κ1) is 21.6. The van der Waals surface area contributed by atoms with Crippen molar-refractivity contribution in [2.75, 3.05) is 39.3 Å². The molecule has 1 aliphatic heterocycles. The second-order valence-electron chi connectivity index (χ2n) is 7.71. The van der Waals surface area contributed by atoms with Gasteiger partial charge in [0.25, 0.3) is 0 Å². The van der Waals surface area contributed by atoms with E-state index in [0.29, 0.717) is 12.3 Å². The highest BCUT2D eigenvalue weighted by atomic mass is 32.9. The molecular formula is C23H26N2O2S3. The van der Waals surface area contributed by atoms with E-state index in [9.17, 15) is 5.11 Å². The van der Waals surface area contributed by atoms with Gasteiger partial charge in [-0.05, 0) is 30.2 Å². The van der Waals surface area contributed by atoms with Crippen LogP contribution in [0.5, 0.6) is 5.75 Å². The largest absolute Gasteiger partial charge is 0.508 e. The number of hydrogen-bond acceptors (Lipinski definition) is 7. The highest BCUT2D eigenvalue weighted by molar-refractivity contribution is 7.80. The monoisotopic (exact) mass is 458 g/mol. The van der Waals surface area contributed by atoms with Gasteiger partial charge >= 0.3 is 0 Å². The molecule has 2 heterocycles. The zero-order chi connectivity index (χ0) is 21.1. The number of phenols is 1. The fourth-order valence-corrected chi connectivity index (χ4v) is 6.74. The first-order chi connectivity index (χ1) is 14.5. The maximum Gasteiger partial charge on any atom is 0.120 e. The van der Waals surface area contributed by atoms with Crippen molar-refractivity contribution in [2.45, 2.75) is 13.5 Å². The lowest BCUT2D eigenvalue weighted by Crippen LogP contribution is -2.46. The van der Waals surface area contributed by atoms with Crippen LogP contribution >= 0.6 is 32.9 Å². The summed E-state index contributed by atoms with van der Waals surface area (Å²) in [5.74, 6) is 0.332. The minimum atomic E-state index is 0.206. The minimum absolute atomic E-state index is 0.206. The summed E-state index contributed by atoms with van der Waals surface area (Å²) in [6.07, 6.45) is 0. The molecule has 2 N–H and O–H groups in total. The molecule has 4 rings (SSSR count). The van der Waals surface area contributed by atoms with Crippen molar-refractivity contribution in [3.05, 3.63) is 57.4 Å². The Morgan fingerprint density at radius 1 is 0.933 bits per heavy atom. The Morgan fingerprint density at radius 2 is 1.60 bits per heavy atom. The van der Waals surface area contributed by atoms with Crippen molar-refractivity contribution in [2.24, 2.45) is 0 Å². The first-order valence-electron chi connectivity index (χ1n) is 10.1. The van der Waals surface area contributed by atoms with Gasteiger partial charge in [-0.2, -0.15) is 0 Å². The van der Waals surface area contributed by atoms with Gasteiger partial charge < -0.3 is 10.2 Å². The molecule has 30 heavy (non-hydrogen) atoms. The molecule has 0 radical (unpaired) electrons. The van der Waals surface area contributed by atoms with Gasteiger partial charge in [0.1, 0.15) is 9.57 Å². The molecule has 7 heteroatoms. The summed E-state index contributed by atoms with van der Waals surface area (Å²) in [7, 11) is 3.35. The quantitative estimate of drug-likeness (QED) is 0.402.